The maximum Gasteiger partial charge on any atom is 0.261 e. The van der Waals surface area contributed by atoms with Crippen LogP contribution in [0.2, 0.25) is 0 Å². The monoisotopic (exact) mass is 288 g/mol. The van der Waals surface area contributed by atoms with Crippen LogP contribution in [0.1, 0.15) is 57.4 Å². The standard InChI is InChI=1S/C14H21ClO2S/c1-3-4-5-6-9-12(2)13-10-7-8-11-14(13)18(15,16)17/h7-8,10-12H,3-6,9H2,1-2H3. The molecule has 0 aliphatic rings. The molecule has 4 heteroatoms. The van der Waals surface area contributed by atoms with E-state index in [4.69, 9.17) is 10.7 Å². The average Bonchev–Trinajstić information content (AvgIpc) is 2.33. The number of halogens is 1. The number of hydrogen-bond donors (Lipinski definition) is 0. The van der Waals surface area contributed by atoms with Crippen LogP contribution in [0.25, 0.3) is 0 Å². The largest absolute Gasteiger partial charge is 0.261 e. The second kappa shape index (κ2) is 7.15. The molecular weight excluding hydrogens is 268 g/mol. The van der Waals surface area contributed by atoms with Gasteiger partial charge in [-0.05, 0) is 24.0 Å². The van der Waals surface area contributed by atoms with E-state index < -0.39 is 9.05 Å². The van der Waals surface area contributed by atoms with Gasteiger partial charge in [0.05, 0.1) is 4.90 Å². The second-order valence-electron chi connectivity index (χ2n) is 4.73. The molecule has 0 heterocycles. The Morgan fingerprint density at radius 2 is 1.83 bits per heavy atom. The van der Waals surface area contributed by atoms with Crippen LogP contribution in [0.3, 0.4) is 0 Å². The Balaban J connectivity index is 2.77. The summed E-state index contributed by atoms with van der Waals surface area (Å²) < 4.78 is 23.0. The van der Waals surface area contributed by atoms with Crippen molar-refractivity contribution in [1.29, 1.82) is 0 Å². The van der Waals surface area contributed by atoms with E-state index in [1.54, 1.807) is 12.1 Å². The molecule has 0 amide bonds. The lowest BCUT2D eigenvalue weighted by molar-refractivity contribution is 0.570. The highest BCUT2D eigenvalue weighted by atomic mass is 35.7. The molecule has 1 unspecified atom stereocenters. The number of rotatable bonds is 7. The van der Waals surface area contributed by atoms with E-state index in [1.807, 2.05) is 12.1 Å². The fourth-order valence-corrected chi connectivity index (χ4v) is 3.36. The molecule has 0 radical (unpaired) electrons. The first kappa shape index (κ1) is 15.5. The van der Waals surface area contributed by atoms with E-state index >= 15 is 0 Å². The van der Waals surface area contributed by atoms with Crippen molar-refractivity contribution >= 4 is 19.7 Å². The Morgan fingerprint density at radius 1 is 1.17 bits per heavy atom. The molecular formula is C14H21ClO2S. The number of benzene rings is 1. The predicted molar refractivity (Wildman–Crippen MR) is 76.7 cm³/mol. The van der Waals surface area contributed by atoms with Gasteiger partial charge < -0.3 is 0 Å². The lowest BCUT2D eigenvalue weighted by atomic mass is 9.95. The summed E-state index contributed by atoms with van der Waals surface area (Å²) in [6.45, 7) is 4.24. The molecule has 0 aromatic heterocycles. The van der Waals surface area contributed by atoms with Gasteiger partial charge in [-0.25, -0.2) is 8.42 Å². The van der Waals surface area contributed by atoms with Gasteiger partial charge in [-0.2, -0.15) is 0 Å². The highest BCUT2D eigenvalue weighted by Gasteiger charge is 2.18. The molecule has 1 atom stereocenters. The SMILES string of the molecule is CCCCCCC(C)c1ccccc1S(=O)(=O)Cl. The summed E-state index contributed by atoms with van der Waals surface area (Å²) >= 11 is 0. The van der Waals surface area contributed by atoms with E-state index in [0.29, 0.717) is 0 Å². The van der Waals surface area contributed by atoms with Crippen LogP contribution in [-0.4, -0.2) is 8.42 Å². The van der Waals surface area contributed by atoms with Crippen LogP contribution in [0.15, 0.2) is 29.2 Å². The van der Waals surface area contributed by atoms with Crippen LogP contribution in [-0.2, 0) is 9.05 Å². The molecule has 2 nitrogen and oxygen atoms in total. The van der Waals surface area contributed by atoms with E-state index in [-0.39, 0.29) is 10.8 Å². The summed E-state index contributed by atoms with van der Waals surface area (Å²) in [6.07, 6.45) is 5.79. The molecule has 0 N–H and O–H groups in total. The van der Waals surface area contributed by atoms with Crippen molar-refractivity contribution < 1.29 is 8.42 Å². The van der Waals surface area contributed by atoms with Gasteiger partial charge in [0.15, 0.2) is 0 Å². The predicted octanol–water partition coefficient (Wildman–Crippen LogP) is 4.69. The van der Waals surface area contributed by atoms with Crippen LogP contribution < -0.4 is 0 Å². The first-order chi connectivity index (χ1) is 8.46. The van der Waals surface area contributed by atoms with Gasteiger partial charge in [-0.15, -0.1) is 0 Å². The Morgan fingerprint density at radius 3 is 2.44 bits per heavy atom. The average molecular weight is 289 g/mol. The summed E-state index contributed by atoms with van der Waals surface area (Å²) in [5.74, 6) is 0.228. The Bertz CT molecular complexity index is 468. The minimum absolute atomic E-state index is 0.228. The Kier molecular flexibility index (Phi) is 6.16. The first-order valence-corrected chi connectivity index (χ1v) is 8.81. The van der Waals surface area contributed by atoms with E-state index in [1.165, 1.54) is 19.3 Å². The van der Waals surface area contributed by atoms with Gasteiger partial charge in [0.1, 0.15) is 0 Å². The molecule has 0 spiro atoms. The molecule has 1 rings (SSSR count). The summed E-state index contributed by atoms with van der Waals surface area (Å²) in [7, 11) is 1.82. The third-order valence-electron chi connectivity index (χ3n) is 3.20. The summed E-state index contributed by atoms with van der Waals surface area (Å²) in [4.78, 5) is 0.259. The molecule has 102 valence electrons. The van der Waals surface area contributed by atoms with Gasteiger partial charge in [0.2, 0.25) is 0 Å². The molecule has 0 saturated carbocycles. The molecule has 0 saturated heterocycles. The topological polar surface area (TPSA) is 34.1 Å². The molecule has 0 aliphatic carbocycles. The minimum atomic E-state index is -3.64. The van der Waals surface area contributed by atoms with Gasteiger partial charge >= 0.3 is 0 Å². The third kappa shape index (κ3) is 4.62. The van der Waals surface area contributed by atoms with Crippen molar-refractivity contribution in [3.63, 3.8) is 0 Å². The zero-order valence-electron chi connectivity index (χ0n) is 11.0. The first-order valence-electron chi connectivity index (χ1n) is 6.50. The molecule has 1 aromatic carbocycles. The van der Waals surface area contributed by atoms with Crippen molar-refractivity contribution in [3.05, 3.63) is 29.8 Å². The number of unbranched alkanes of at least 4 members (excludes halogenated alkanes) is 3. The third-order valence-corrected chi connectivity index (χ3v) is 4.60. The summed E-state index contributed by atoms with van der Waals surface area (Å²) in [6, 6.07) is 7.02. The maximum absolute atomic E-state index is 11.5. The van der Waals surface area contributed by atoms with Crippen LogP contribution >= 0.6 is 10.7 Å². The summed E-state index contributed by atoms with van der Waals surface area (Å²) in [5, 5.41) is 0. The van der Waals surface area contributed by atoms with Crippen molar-refractivity contribution in [3.8, 4) is 0 Å². The van der Waals surface area contributed by atoms with Gasteiger partial charge in [0, 0.05) is 10.7 Å². The quantitative estimate of drug-likeness (QED) is 0.539. The molecule has 0 aliphatic heterocycles. The van der Waals surface area contributed by atoms with Crippen LogP contribution in [0, 0.1) is 0 Å². The fourth-order valence-electron chi connectivity index (χ4n) is 2.14. The highest BCUT2D eigenvalue weighted by molar-refractivity contribution is 8.13. The molecule has 18 heavy (non-hydrogen) atoms. The molecule has 0 bridgehead atoms. The Hall–Kier alpha value is -0.540. The second-order valence-corrected chi connectivity index (χ2v) is 7.26. The van der Waals surface area contributed by atoms with Crippen LogP contribution in [0.5, 0.6) is 0 Å². The zero-order valence-corrected chi connectivity index (χ0v) is 12.6. The normalized spacial score (nSPS) is 13.5. The highest BCUT2D eigenvalue weighted by Crippen LogP contribution is 2.29. The van der Waals surface area contributed by atoms with Crippen molar-refractivity contribution in [1.82, 2.24) is 0 Å². The zero-order chi connectivity index (χ0) is 13.6. The van der Waals surface area contributed by atoms with Gasteiger partial charge in [-0.1, -0.05) is 57.7 Å². The maximum atomic E-state index is 11.5. The Labute approximate surface area is 115 Å². The molecule has 0 fully saturated rings. The smallest absolute Gasteiger partial charge is 0.207 e. The minimum Gasteiger partial charge on any atom is -0.207 e. The fraction of sp³-hybridized carbons (Fsp3) is 0.571. The van der Waals surface area contributed by atoms with Crippen molar-refractivity contribution in [2.24, 2.45) is 0 Å². The van der Waals surface area contributed by atoms with Gasteiger partial charge in [0.25, 0.3) is 9.05 Å². The van der Waals surface area contributed by atoms with E-state index in [0.717, 1.165) is 18.4 Å². The van der Waals surface area contributed by atoms with Gasteiger partial charge in [-0.3, -0.25) is 0 Å². The number of hydrogen-bond acceptors (Lipinski definition) is 2. The van der Waals surface area contributed by atoms with Crippen LogP contribution in [0.4, 0.5) is 0 Å². The van der Waals surface area contributed by atoms with E-state index in [9.17, 15) is 8.42 Å². The van der Waals surface area contributed by atoms with Crippen molar-refractivity contribution in [2.75, 3.05) is 0 Å². The lowest BCUT2D eigenvalue weighted by Gasteiger charge is -2.14. The lowest BCUT2D eigenvalue weighted by Crippen LogP contribution is -2.02. The molecule has 1 aromatic rings. The van der Waals surface area contributed by atoms with E-state index in [2.05, 4.69) is 13.8 Å². The van der Waals surface area contributed by atoms with Crippen molar-refractivity contribution in [2.45, 2.75) is 56.8 Å². The summed E-state index contributed by atoms with van der Waals surface area (Å²) in [5.41, 5.74) is 0.837.